The molecule has 1 aliphatic rings. The average Bonchev–Trinajstić information content (AvgIpc) is 3.36. The molecule has 2 atom stereocenters. The quantitative estimate of drug-likeness (QED) is 0.645. The van der Waals surface area contributed by atoms with Crippen LogP contribution in [0.15, 0.2) is 66.3 Å². The van der Waals surface area contributed by atoms with Crippen LogP contribution in [0.1, 0.15) is 17.0 Å². The number of nitrogens with one attached hydrogen (secondary N) is 1. The Morgan fingerprint density at radius 3 is 2.61 bits per heavy atom. The number of imidazole rings is 1. The summed E-state index contributed by atoms with van der Waals surface area (Å²) in [4.78, 5) is 8.06. The average molecular weight is 451 g/mol. The predicted octanol–water partition coefficient (Wildman–Crippen LogP) is 3.10. The monoisotopic (exact) mass is 451 g/mol. The molecule has 164 valence electrons. The van der Waals surface area contributed by atoms with Gasteiger partial charge in [0, 0.05) is 56.4 Å². The van der Waals surface area contributed by atoms with Crippen LogP contribution in [0.3, 0.4) is 0 Å². The summed E-state index contributed by atoms with van der Waals surface area (Å²) in [7, 11) is -2.18. The number of halogens is 3. The van der Waals surface area contributed by atoms with Crippen molar-refractivity contribution in [2.24, 2.45) is 7.05 Å². The van der Waals surface area contributed by atoms with E-state index in [1.807, 2.05) is 6.07 Å². The Morgan fingerprint density at radius 2 is 1.97 bits per heavy atom. The fourth-order valence-electron chi connectivity index (χ4n) is 3.70. The summed E-state index contributed by atoms with van der Waals surface area (Å²) in [5, 5.41) is 3.03. The lowest BCUT2D eigenvalue weighted by Crippen LogP contribution is -2.32. The lowest BCUT2D eigenvalue weighted by atomic mass is 9.95. The maximum atomic E-state index is 13.1. The molecule has 3 aromatic rings. The van der Waals surface area contributed by atoms with Crippen LogP contribution >= 0.6 is 0 Å². The van der Waals surface area contributed by atoms with Gasteiger partial charge in [0.25, 0.3) is 10.0 Å². The van der Waals surface area contributed by atoms with Crippen molar-refractivity contribution >= 4 is 15.7 Å². The highest BCUT2D eigenvalue weighted by molar-refractivity contribution is 7.89. The molecule has 1 aromatic carbocycles. The Balaban J connectivity index is 1.65. The largest absolute Gasteiger partial charge is 0.416 e. The van der Waals surface area contributed by atoms with E-state index in [4.69, 9.17) is 0 Å². The number of pyridine rings is 1. The zero-order valence-electron chi connectivity index (χ0n) is 16.5. The number of rotatable bonds is 5. The van der Waals surface area contributed by atoms with Crippen molar-refractivity contribution in [1.82, 2.24) is 18.8 Å². The fraction of sp³-hybridized carbons (Fsp3) is 0.300. The number of alkyl halides is 3. The van der Waals surface area contributed by atoms with Crippen LogP contribution < -0.4 is 5.32 Å². The SMILES string of the molecule is Cn1cnc(S(=O)(=O)N2CC(Nc3cccc(C(F)(F)F)c3)C(c3cccnc3)C2)c1. The molecule has 1 aliphatic heterocycles. The predicted molar refractivity (Wildman–Crippen MR) is 108 cm³/mol. The number of anilines is 1. The zero-order valence-corrected chi connectivity index (χ0v) is 17.3. The highest BCUT2D eigenvalue weighted by Gasteiger charge is 2.41. The Bertz CT molecular complexity index is 1160. The van der Waals surface area contributed by atoms with Gasteiger partial charge in [-0.25, -0.2) is 13.4 Å². The molecule has 1 saturated heterocycles. The maximum Gasteiger partial charge on any atom is 0.416 e. The van der Waals surface area contributed by atoms with Crippen molar-refractivity contribution < 1.29 is 21.6 Å². The first kappa shape index (κ1) is 21.3. The first-order valence-electron chi connectivity index (χ1n) is 9.46. The van der Waals surface area contributed by atoms with Crippen LogP contribution in [0.2, 0.25) is 0 Å². The summed E-state index contributed by atoms with van der Waals surface area (Å²) in [6, 6.07) is 7.99. The summed E-state index contributed by atoms with van der Waals surface area (Å²) in [6.07, 6.45) is 1.60. The van der Waals surface area contributed by atoms with Gasteiger partial charge < -0.3 is 9.88 Å². The molecule has 1 N–H and O–H groups in total. The lowest BCUT2D eigenvalue weighted by Gasteiger charge is -2.21. The molecule has 7 nitrogen and oxygen atoms in total. The molecule has 11 heteroatoms. The lowest BCUT2D eigenvalue weighted by molar-refractivity contribution is -0.137. The Kier molecular flexibility index (Phi) is 5.48. The third kappa shape index (κ3) is 4.42. The second-order valence-corrected chi connectivity index (χ2v) is 9.31. The molecular weight excluding hydrogens is 431 g/mol. The van der Waals surface area contributed by atoms with E-state index in [1.54, 1.807) is 30.1 Å². The molecule has 0 radical (unpaired) electrons. The molecule has 0 saturated carbocycles. The molecule has 2 aromatic heterocycles. The Hall–Kier alpha value is -2.92. The first-order chi connectivity index (χ1) is 14.6. The van der Waals surface area contributed by atoms with Crippen molar-refractivity contribution in [2.75, 3.05) is 18.4 Å². The van der Waals surface area contributed by atoms with Gasteiger partial charge in [-0.15, -0.1) is 0 Å². The van der Waals surface area contributed by atoms with Gasteiger partial charge in [0.1, 0.15) is 0 Å². The van der Waals surface area contributed by atoms with Crippen LogP contribution in [-0.2, 0) is 23.2 Å². The van der Waals surface area contributed by atoms with E-state index in [-0.39, 0.29) is 29.7 Å². The van der Waals surface area contributed by atoms with E-state index in [9.17, 15) is 21.6 Å². The normalized spacial score (nSPS) is 20.1. The van der Waals surface area contributed by atoms with Crippen molar-refractivity contribution in [2.45, 2.75) is 23.2 Å². The number of benzene rings is 1. The molecule has 31 heavy (non-hydrogen) atoms. The van der Waals surface area contributed by atoms with Crippen LogP contribution in [-0.4, -0.2) is 46.4 Å². The summed E-state index contributed by atoms with van der Waals surface area (Å²) in [6.45, 7) is 0.232. The minimum atomic E-state index is -4.47. The number of sulfonamides is 1. The topological polar surface area (TPSA) is 80.1 Å². The molecule has 0 spiro atoms. The van der Waals surface area contributed by atoms with E-state index in [0.29, 0.717) is 0 Å². The van der Waals surface area contributed by atoms with Crippen LogP contribution in [0.4, 0.5) is 18.9 Å². The minimum absolute atomic E-state index is 0.0698. The van der Waals surface area contributed by atoms with Crippen molar-refractivity contribution in [3.05, 3.63) is 72.4 Å². The molecule has 1 fully saturated rings. The number of aryl methyl sites for hydroxylation is 1. The number of hydrogen-bond acceptors (Lipinski definition) is 5. The highest BCUT2D eigenvalue weighted by Crippen LogP contribution is 2.35. The van der Waals surface area contributed by atoms with Gasteiger partial charge in [0.05, 0.1) is 11.9 Å². The first-order valence-corrected chi connectivity index (χ1v) is 10.9. The van der Waals surface area contributed by atoms with Gasteiger partial charge in [0.15, 0.2) is 5.03 Å². The summed E-state index contributed by atoms with van der Waals surface area (Å²) < 4.78 is 68.3. The van der Waals surface area contributed by atoms with Crippen LogP contribution in [0.25, 0.3) is 0 Å². The number of nitrogens with zero attached hydrogens (tertiary/aromatic N) is 4. The summed E-state index contributed by atoms with van der Waals surface area (Å²) in [5.41, 5.74) is 0.294. The van der Waals surface area contributed by atoms with E-state index in [1.165, 1.54) is 29.0 Å². The van der Waals surface area contributed by atoms with Gasteiger partial charge in [-0.1, -0.05) is 12.1 Å². The summed E-state index contributed by atoms with van der Waals surface area (Å²) >= 11 is 0. The smallest absolute Gasteiger partial charge is 0.380 e. The molecule has 2 unspecified atom stereocenters. The van der Waals surface area contributed by atoms with E-state index >= 15 is 0 Å². The molecular formula is C20H20F3N5O2S. The number of hydrogen-bond donors (Lipinski definition) is 1. The summed E-state index contributed by atoms with van der Waals surface area (Å²) in [5.74, 6) is -0.304. The Morgan fingerprint density at radius 1 is 1.16 bits per heavy atom. The van der Waals surface area contributed by atoms with E-state index in [0.717, 1.165) is 17.7 Å². The number of aromatic nitrogens is 3. The third-order valence-electron chi connectivity index (χ3n) is 5.23. The van der Waals surface area contributed by atoms with Crippen LogP contribution in [0, 0.1) is 0 Å². The molecule has 0 bridgehead atoms. The van der Waals surface area contributed by atoms with Crippen LogP contribution in [0.5, 0.6) is 0 Å². The standard InChI is InChI=1S/C20H20F3N5O2S/c1-27-12-19(25-13-27)31(29,30)28-10-17(14-4-3-7-24-9-14)18(11-28)26-16-6-2-5-15(8-16)20(21,22)23/h2-9,12-13,17-18,26H,10-11H2,1H3. The zero-order chi connectivity index (χ0) is 22.2. The second kappa shape index (κ2) is 7.97. The van der Waals surface area contributed by atoms with Gasteiger partial charge in [-0.3, -0.25) is 4.98 Å². The van der Waals surface area contributed by atoms with Gasteiger partial charge in [-0.05, 0) is 29.8 Å². The molecule has 4 rings (SSSR count). The van der Waals surface area contributed by atoms with Gasteiger partial charge in [-0.2, -0.15) is 17.5 Å². The molecule has 0 aliphatic carbocycles. The van der Waals surface area contributed by atoms with E-state index in [2.05, 4.69) is 15.3 Å². The second-order valence-electron chi connectivity index (χ2n) is 7.42. The maximum absolute atomic E-state index is 13.1. The van der Waals surface area contributed by atoms with E-state index < -0.39 is 27.8 Å². The fourth-order valence-corrected chi connectivity index (χ4v) is 5.16. The molecule has 3 heterocycles. The van der Waals surface area contributed by atoms with Crippen molar-refractivity contribution in [3.63, 3.8) is 0 Å². The minimum Gasteiger partial charge on any atom is -0.380 e. The third-order valence-corrected chi connectivity index (χ3v) is 6.94. The molecule has 0 amide bonds. The van der Waals surface area contributed by atoms with Crippen molar-refractivity contribution in [1.29, 1.82) is 0 Å². The Labute approximate surface area is 177 Å². The van der Waals surface area contributed by atoms with Gasteiger partial charge in [0.2, 0.25) is 0 Å². The highest BCUT2D eigenvalue weighted by atomic mass is 32.2. The van der Waals surface area contributed by atoms with Gasteiger partial charge >= 0.3 is 6.18 Å². The van der Waals surface area contributed by atoms with Crippen molar-refractivity contribution in [3.8, 4) is 0 Å².